The van der Waals surface area contributed by atoms with Crippen LogP contribution in [0, 0.1) is 0 Å². The molecule has 0 saturated carbocycles. The Bertz CT molecular complexity index is 582. The minimum absolute atomic E-state index is 0.0435. The van der Waals surface area contributed by atoms with Gasteiger partial charge < -0.3 is 10.5 Å². The van der Waals surface area contributed by atoms with Crippen molar-refractivity contribution in [2.24, 2.45) is 5.73 Å². The van der Waals surface area contributed by atoms with E-state index in [-0.39, 0.29) is 11.5 Å². The molecule has 2 aromatic carbocycles. The molecule has 0 aliphatic heterocycles. The molecule has 0 amide bonds. The molecule has 112 valence electrons. The lowest BCUT2D eigenvalue weighted by atomic mass is 9.85. The molecular formula is C19H25NO. The van der Waals surface area contributed by atoms with Crippen LogP contribution in [-0.2, 0) is 12.0 Å². The number of nitrogens with two attached hydrogens (primary N) is 1. The van der Waals surface area contributed by atoms with Gasteiger partial charge in [-0.15, -0.1) is 0 Å². The van der Waals surface area contributed by atoms with Gasteiger partial charge in [-0.1, -0.05) is 63.2 Å². The van der Waals surface area contributed by atoms with Crippen LogP contribution in [0.15, 0.2) is 48.5 Å². The fourth-order valence-corrected chi connectivity index (χ4v) is 2.24. The first kappa shape index (κ1) is 15.6. The van der Waals surface area contributed by atoms with Gasteiger partial charge in [0.1, 0.15) is 12.4 Å². The van der Waals surface area contributed by atoms with E-state index in [9.17, 15) is 0 Å². The molecule has 0 saturated heterocycles. The van der Waals surface area contributed by atoms with Crippen LogP contribution in [0.1, 0.15) is 50.4 Å². The maximum atomic E-state index is 6.12. The lowest BCUT2D eigenvalue weighted by Gasteiger charge is -2.22. The highest BCUT2D eigenvalue weighted by molar-refractivity contribution is 5.41. The van der Waals surface area contributed by atoms with E-state index >= 15 is 0 Å². The van der Waals surface area contributed by atoms with E-state index < -0.39 is 0 Å². The molecule has 0 aliphatic carbocycles. The molecule has 2 nitrogen and oxygen atoms in total. The molecule has 0 aliphatic rings. The third-order valence-electron chi connectivity index (χ3n) is 3.60. The quantitative estimate of drug-likeness (QED) is 0.891. The van der Waals surface area contributed by atoms with Crippen LogP contribution in [0.4, 0.5) is 0 Å². The summed E-state index contributed by atoms with van der Waals surface area (Å²) in [4.78, 5) is 0. The Hall–Kier alpha value is -1.80. The van der Waals surface area contributed by atoms with Crippen molar-refractivity contribution >= 4 is 0 Å². The molecule has 2 rings (SSSR count). The molecule has 21 heavy (non-hydrogen) atoms. The summed E-state index contributed by atoms with van der Waals surface area (Å²) in [6, 6.07) is 16.5. The summed E-state index contributed by atoms with van der Waals surface area (Å²) < 4.78 is 5.97. The molecule has 0 aromatic heterocycles. The van der Waals surface area contributed by atoms with Gasteiger partial charge in [-0.3, -0.25) is 0 Å². The van der Waals surface area contributed by atoms with Crippen LogP contribution in [0.25, 0.3) is 0 Å². The van der Waals surface area contributed by atoms with E-state index in [2.05, 4.69) is 45.0 Å². The Morgan fingerprint density at radius 2 is 1.71 bits per heavy atom. The van der Waals surface area contributed by atoms with Crippen LogP contribution < -0.4 is 10.5 Å². The van der Waals surface area contributed by atoms with Crippen molar-refractivity contribution < 1.29 is 4.74 Å². The summed E-state index contributed by atoms with van der Waals surface area (Å²) in [6.45, 7) is 9.18. The zero-order valence-corrected chi connectivity index (χ0v) is 13.4. The van der Waals surface area contributed by atoms with Crippen LogP contribution in [0.5, 0.6) is 5.75 Å². The highest BCUT2D eigenvalue weighted by Gasteiger charge is 2.17. The summed E-state index contributed by atoms with van der Waals surface area (Å²) in [7, 11) is 0. The minimum Gasteiger partial charge on any atom is -0.489 e. The van der Waals surface area contributed by atoms with Gasteiger partial charge in [-0.25, -0.2) is 0 Å². The Labute approximate surface area is 127 Å². The van der Waals surface area contributed by atoms with Gasteiger partial charge in [0.05, 0.1) is 0 Å². The third kappa shape index (κ3) is 4.08. The first-order valence-corrected chi connectivity index (χ1v) is 7.44. The molecule has 0 fully saturated rings. The highest BCUT2D eigenvalue weighted by Crippen LogP contribution is 2.31. The van der Waals surface area contributed by atoms with E-state index in [0.717, 1.165) is 16.9 Å². The lowest BCUT2D eigenvalue weighted by Crippen LogP contribution is -2.14. The Morgan fingerprint density at radius 1 is 1.05 bits per heavy atom. The van der Waals surface area contributed by atoms with E-state index in [1.807, 2.05) is 31.2 Å². The standard InChI is InChI=1S/C19H25NO/c1-14(20)17-12-16(19(2,3)4)10-11-18(17)21-13-15-8-6-5-7-9-15/h5-12,14H,13,20H2,1-4H3. The Kier molecular flexibility index (Phi) is 4.69. The molecule has 0 spiro atoms. The van der Waals surface area contributed by atoms with Crippen molar-refractivity contribution in [2.45, 2.75) is 45.8 Å². The maximum Gasteiger partial charge on any atom is 0.124 e. The zero-order chi connectivity index (χ0) is 15.5. The van der Waals surface area contributed by atoms with Gasteiger partial charge in [0.15, 0.2) is 0 Å². The van der Waals surface area contributed by atoms with Crippen LogP contribution in [0.3, 0.4) is 0 Å². The Morgan fingerprint density at radius 3 is 2.29 bits per heavy atom. The molecule has 2 N–H and O–H groups in total. The highest BCUT2D eigenvalue weighted by atomic mass is 16.5. The van der Waals surface area contributed by atoms with Crippen molar-refractivity contribution in [3.8, 4) is 5.75 Å². The first-order chi connectivity index (χ1) is 9.88. The van der Waals surface area contributed by atoms with Crippen LogP contribution in [0.2, 0.25) is 0 Å². The molecule has 2 heteroatoms. The van der Waals surface area contributed by atoms with Crippen LogP contribution in [-0.4, -0.2) is 0 Å². The molecule has 0 radical (unpaired) electrons. The van der Waals surface area contributed by atoms with E-state index in [0.29, 0.717) is 6.61 Å². The Balaban J connectivity index is 2.23. The van der Waals surface area contributed by atoms with Crippen molar-refractivity contribution in [2.75, 3.05) is 0 Å². The number of rotatable bonds is 4. The number of hydrogen-bond donors (Lipinski definition) is 1. The molecular weight excluding hydrogens is 258 g/mol. The van der Waals surface area contributed by atoms with Crippen molar-refractivity contribution in [1.82, 2.24) is 0 Å². The van der Waals surface area contributed by atoms with Crippen LogP contribution >= 0.6 is 0 Å². The van der Waals surface area contributed by atoms with E-state index in [4.69, 9.17) is 10.5 Å². The fraction of sp³-hybridized carbons (Fsp3) is 0.368. The van der Waals surface area contributed by atoms with Gasteiger partial charge in [0.2, 0.25) is 0 Å². The van der Waals surface area contributed by atoms with Gasteiger partial charge in [-0.2, -0.15) is 0 Å². The van der Waals surface area contributed by atoms with Crippen molar-refractivity contribution in [3.05, 3.63) is 65.2 Å². The second-order valence-electron chi connectivity index (χ2n) is 6.57. The van der Waals surface area contributed by atoms with Crippen molar-refractivity contribution in [1.29, 1.82) is 0 Å². The molecule has 0 bridgehead atoms. The molecule has 2 aromatic rings. The molecule has 1 atom stereocenters. The SMILES string of the molecule is CC(N)c1cc(C(C)(C)C)ccc1OCc1ccccc1. The average Bonchev–Trinajstić information content (AvgIpc) is 2.45. The van der Waals surface area contributed by atoms with Gasteiger partial charge in [-0.05, 0) is 29.5 Å². The predicted molar refractivity (Wildman–Crippen MR) is 88.5 cm³/mol. The zero-order valence-electron chi connectivity index (χ0n) is 13.4. The number of benzene rings is 2. The average molecular weight is 283 g/mol. The maximum absolute atomic E-state index is 6.12. The number of ether oxygens (including phenoxy) is 1. The lowest BCUT2D eigenvalue weighted by molar-refractivity contribution is 0.301. The normalized spacial score (nSPS) is 13.0. The summed E-state index contributed by atoms with van der Waals surface area (Å²) in [5, 5.41) is 0. The largest absolute Gasteiger partial charge is 0.489 e. The first-order valence-electron chi connectivity index (χ1n) is 7.44. The summed E-state index contributed by atoms with van der Waals surface area (Å²) in [6.07, 6.45) is 0. The number of hydrogen-bond acceptors (Lipinski definition) is 2. The van der Waals surface area contributed by atoms with Gasteiger partial charge in [0, 0.05) is 11.6 Å². The van der Waals surface area contributed by atoms with E-state index in [1.54, 1.807) is 0 Å². The fourth-order valence-electron chi connectivity index (χ4n) is 2.24. The van der Waals surface area contributed by atoms with Gasteiger partial charge >= 0.3 is 0 Å². The second kappa shape index (κ2) is 6.31. The topological polar surface area (TPSA) is 35.2 Å². The summed E-state index contributed by atoms with van der Waals surface area (Å²) >= 11 is 0. The smallest absolute Gasteiger partial charge is 0.124 e. The predicted octanol–water partition coefficient (Wildman–Crippen LogP) is 4.58. The third-order valence-corrected chi connectivity index (χ3v) is 3.60. The summed E-state index contributed by atoms with van der Waals surface area (Å²) in [5.74, 6) is 0.877. The molecule has 0 heterocycles. The minimum atomic E-state index is -0.0435. The molecule has 1 unspecified atom stereocenters. The second-order valence-corrected chi connectivity index (χ2v) is 6.57. The summed E-state index contributed by atoms with van der Waals surface area (Å²) in [5.41, 5.74) is 9.74. The van der Waals surface area contributed by atoms with E-state index in [1.165, 1.54) is 5.56 Å². The van der Waals surface area contributed by atoms with Crippen molar-refractivity contribution in [3.63, 3.8) is 0 Å². The van der Waals surface area contributed by atoms with Gasteiger partial charge in [0.25, 0.3) is 0 Å². The monoisotopic (exact) mass is 283 g/mol.